The van der Waals surface area contributed by atoms with E-state index in [1.54, 1.807) is 0 Å². The van der Waals surface area contributed by atoms with Crippen LogP contribution < -0.4 is 4.90 Å². The van der Waals surface area contributed by atoms with Crippen LogP contribution in [0.2, 0.25) is 0 Å². The van der Waals surface area contributed by atoms with Crippen molar-refractivity contribution in [3.63, 3.8) is 0 Å². The van der Waals surface area contributed by atoms with Crippen molar-refractivity contribution in [3.8, 4) is 22.3 Å². The van der Waals surface area contributed by atoms with Crippen LogP contribution in [0.15, 0.2) is 188 Å². The van der Waals surface area contributed by atoms with Crippen LogP contribution in [-0.2, 0) is 0 Å². The molecule has 1 nitrogen and oxygen atoms in total. The summed E-state index contributed by atoms with van der Waals surface area (Å²) in [5.74, 6) is 0. The minimum absolute atomic E-state index is 1.12. The molecule has 0 fully saturated rings. The van der Waals surface area contributed by atoms with Gasteiger partial charge in [-0.25, -0.2) is 0 Å². The van der Waals surface area contributed by atoms with Gasteiger partial charge in [-0.15, -0.1) is 11.3 Å². The van der Waals surface area contributed by atoms with Gasteiger partial charge >= 0.3 is 0 Å². The second-order valence-electron chi connectivity index (χ2n) is 12.9. The Morgan fingerprint density at radius 2 is 0.960 bits per heavy atom. The summed E-state index contributed by atoms with van der Waals surface area (Å²) in [4.78, 5) is 2.42. The largest absolute Gasteiger partial charge is 0.310 e. The van der Waals surface area contributed by atoms with E-state index in [1.165, 1.54) is 74.7 Å². The molecule has 0 saturated carbocycles. The van der Waals surface area contributed by atoms with E-state index in [-0.39, 0.29) is 0 Å². The quantitative estimate of drug-likeness (QED) is 0.167. The second kappa shape index (κ2) is 11.7. The molecule has 2 heteroatoms. The highest BCUT2D eigenvalue weighted by Crippen LogP contribution is 2.45. The minimum atomic E-state index is 1.12. The number of hydrogen-bond acceptors (Lipinski definition) is 2. The summed E-state index contributed by atoms with van der Waals surface area (Å²) >= 11 is 1.89. The molecule has 234 valence electrons. The summed E-state index contributed by atoms with van der Waals surface area (Å²) in [6, 6.07) is 68.6. The molecule has 0 aliphatic heterocycles. The van der Waals surface area contributed by atoms with Crippen LogP contribution in [-0.4, -0.2) is 0 Å². The zero-order valence-corrected chi connectivity index (χ0v) is 28.1. The lowest BCUT2D eigenvalue weighted by atomic mass is 9.93. The number of anilines is 3. The smallest absolute Gasteiger partial charge is 0.0540 e. The van der Waals surface area contributed by atoms with Gasteiger partial charge in [0.2, 0.25) is 0 Å². The lowest BCUT2D eigenvalue weighted by molar-refractivity contribution is 1.29. The van der Waals surface area contributed by atoms with E-state index in [0.717, 1.165) is 17.1 Å². The third-order valence-electron chi connectivity index (χ3n) is 10.0. The van der Waals surface area contributed by atoms with Gasteiger partial charge in [0, 0.05) is 37.1 Å². The Morgan fingerprint density at radius 3 is 1.80 bits per heavy atom. The number of rotatable bonds is 5. The zero-order valence-electron chi connectivity index (χ0n) is 27.3. The first-order valence-electron chi connectivity index (χ1n) is 17.1. The summed E-state index contributed by atoms with van der Waals surface area (Å²) in [6.07, 6.45) is 0. The number of thiophene rings is 1. The summed E-state index contributed by atoms with van der Waals surface area (Å²) in [5, 5.41) is 10.3. The Hall–Kier alpha value is -6.22. The monoisotopic (exact) mass is 653 g/mol. The standard InChI is InChI=1S/C48H31NS/c1-2-12-32(13-3-1)39-17-10-11-21-46(39)49(37-27-29-43-44-28-24-33-14-4-7-18-40(33)48(44)50-47(43)31-37)36-25-22-34(23-26-36)45-30-35-15-5-6-16-38(35)41-19-8-9-20-42(41)45/h1-31H. The Labute approximate surface area is 294 Å². The van der Waals surface area contributed by atoms with Crippen molar-refractivity contribution < 1.29 is 0 Å². The highest BCUT2D eigenvalue weighted by atomic mass is 32.1. The highest BCUT2D eigenvalue weighted by molar-refractivity contribution is 7.26. The van der Waals surface area contributed by atoms with E-state index in [0.29, 0.717) is 0 Å². The average molecular weight is 654 g/mol. The van der Waals surface area contributed by atoms with Gasteiger partial charge in [-0.05, 0) is 85.4 Å². The first-order valence-corrected chi connectivity index (χ1v) is 17.9. The van der Waals surface area contributed by atoms with Gasteiger partial charge in [-0.2, -0.15) is 0 Å². The van der Waals surface area contributed by atoms with Gasteiger partial charge in [0.05, 0.1) is 5.69 Å². The molecule has 0 atom stereocenters. The van der Waals surface area contributed by atoms with Crippen LogP contribution in [0.25, 0.3) is 74.7 Å². The van der Waals surface area contributed by atoms with Crippen molar-refractivity contribution in [1.82, 2.24) is 0 Å². The molecule has 0 radical (unpaired) electrons. The summed E-state index contributed by atoms with van der Waals surface area (Å²) in [5.41, 5.74) is 8.25. The van der Waals surface area contributed by atoms with Gasteiger partial charge in [-0.3, -0.25) is 0 Å². The minimum Gasteiger partial charge on any atom is -0.310 e. The molecule has 0 unspecified atom stereocenters. The van der Waals surface area contributed by atoms with Crippen LogP contribution in [0, 0.1) is 0 Å². The molecule has 9 aromatic carbocycles. The molecule has 0 spiro atoms. The third kappa shape index (κ3) is 4.69. The van der Waals surface area contributed by atoms with Crippen LogP contribution in [0.1, 0.15) is 0 Å². The fourth-order valence-corrected chi connectivity index (χ4v) is 8.94. The number of hydrogen-bond donors (Lipinski definition) is 0. The topological polar surface area (TPSA) is 3.24 Å². The van der Waals surface area contributed by atoms with E-state index in [4.69, 9.17) is 0 Å². The number of fused-ring (bicyclic) bond motifs is 8. The summed E-state index contributed by atoms with van der Waals surface area (Å²) < 4.78 is 2.63. The highest BCUT2D eigenvalue weighted by Gasteiger charge is 2.19. The van der Waals surface area contributed by atoms with Gasteiger partial charge in [-0.1, -0.05) is 152 Å². The maximum absolute atomic E-state index is 2.42. The molecule has 1 heterocycles. The maximum atomic E-state index is 2.42. The van der Waals surface area contributed by atoms with Crippen LogP contribution in [0.4, 0.5) is 17.1 Å². The lowest BCUT2D eigenvalue weighted by Crippen LogP contribution is -2.11. The molecule has 0 aliphatic carbocycles. The van der Waals surface area contributed by atoms with Crippen molar-refractivity contribution in [2.45, 2.75) is 0 Å². The van der Waals surface area contributed by atoms with E-state index < -0.39 is 0 Å². The molecule has 10 aromatic rings. The lowest BCUT2D eigenvalue weighted by Gasteiger charge is -2.28. The first kappa shape index (κ1) is 28.8. The molecule has 0 aliphatic rings. The second-order valence-corrected chi connectivity index (χ2v) is 14.0. The number of benzene rings is 9. The fraction of sp³-hybridized carbons (Fsp3) is 0. The Morgan fingerprint density at radius 1 is 0.340 bits per heavy atom. The van der Waals surface area contributed by atoms with Gasteiger partial charge < -0.3 is 4.90 Å². The van der Waals surface area contributed by atoms with Crippen LogP contribution in [0.5, 0.6) is 0 Å². The Balaban J connectivity index is 1.16. The van der Waals surface area contributed by atoms with Gasteiger partial charge in [0.15, 0.2) is 0 Å². The molecule has 0 bridgehead atoms. The SMILES string of the molecule is c1ccc(-c2ccccc2N(c2ccc(-c3cc4ccccc4c4ccccc34)cc2)c2ccc3c(c2)sc2c4ccccc4ccc32)cc1. The average Bonchev–Trinajstić information content (AvgIpc) is 3.57. The molecular formula is C48H31NS. The molecular weight excluding hydrogens is 623 g/mol. The van der Waals surface area contributed by atoms with Crippen molar-refractivity contribution in [1.29, 1.82) is 0 Å². The normalized spacial score (nSPS) is 11.6. The van der Waals surface area contributed by atoms with Gasteiger partial charge in [0.1, 0.15) is 0 Å². The van der Waals surface area contributed by atoms with Crippen molar-refractivity contribution in [3.05, 3.63) is 188 Å². The van der Waals surface area contributed by atoms with E-state index in [9.17, 15) is 0 Å². The molecule has 50 heavy (non-hydrogen) atoms. The maximum Gasteiger partial charge on any atom is 0.0540 e. The van der Waals surface area contributed by atoms with Crippen molar-refractivity contribution in [2.75, 3.05) is 4.90 Å². The number of para-hydroxylation sites is 1. The molecule has 0 N–H and O–H groups in total. The number of nitrogens with zero attached hydrogens (tertiary/aromatic N) is 1. The molecule has 0 amide bonds. The Kier molecular flexibility index (Phi) is 6.75. The zero-order chi connectivity index (χ0) is 33.0. The van der Waals surface area contributed by atoms with E-state index in [2.05, 4.69) is 193 Å². The summed E-state index contributed by atoms with van der Waals surface area (Å²) in [6.45, 7) is 0. The van der Waals surface area contributed by atoms with Crippen LogP contribution in [0.3, 0.4) is 0 Å². The predicted molar refractivity (Wildman–Crippen MR) is 217 cm³/mol. The summed E-state index contributed by atoms with van der Waals surface area (Å²) in [7, 11) is 0. The molecule has 10 rings (SSSR count). The van der Waals surface area contributed by atoms with Crippen molar-refractivity contribution >= 4 is 80.9 Å². The molecule has 0 saturated heterocycles. The van der Waals surface area contributed by atoms with E-state index in [1.807, 2.05) is 11.3 Å². The van der Waals surface area contributed by atoms with Gasteiger partial charge in [0.25, 0.3) is 0 Å². The fourth-order valence-electron chi connectivity index (χ4n) is 7.67. The Bertz CT molecular complexity index is 2870. The molecule has 1 aromatic heterocycles. The van der Waals surface area contributed by atoms with E-state index >= 15 is 0 Å². The predicted octanol–water partition coefficient (Wildman–Crippen LogP) is 14.3. The van der Waals surface area contributed by atoms with Crippen molar-refractivity contribution in [2.24, 2.45) is 0 Å². The van der Waals surface area contributed by atoms with Crippen LogP contribution >= 0.6 is 11.3 Å². The third-order valence-corrected chi connectivity index (χ3v) is 11.2. The first-order chi connectivity index (χ1) is 24.8.